The van der Waals surface area contributed by atoms with Crippen LogP contribution in [0.15, 0.2) is 47.7 Å². The number of anilines is 1. The van der Waals surface area contributed by atoms with E-state index in [-0.39, 0.29) is 5.92 Å². The number of hydrazone groups is 1. The lowest BCUT2D eigenvalue weighted by Gasteiger charge is -2.28. The van der Waals surface area contributed by atoms with Crippen LogP contribution in [0.25, 0.3) is 5.57 Å². The maximum absolute atomic E-state index is 5.44. The molecule has 5 rings (SSSR count). The van der Waals surface area contributed by atoms with Gasteiger partial charge in [-0.25, -0.2) is 9.97 Å². The standard InChI is InChI=1S/C19H21N7O/c1-25-11-14(10-22-25)13-2-3-16-15(8-13)19(24-23-16)17-9-18(21-12-20-17)26-4-6-27-7-5-26/h2-3,9-12,15,23H,4-8H2,1H3. The SMILES string of the molecule is Cn1cc(C2=CC=C3NN=C(c4cc(N5CCOCC5)ncn4)C3C2)cn1. The first kappa shape index (κ1) is 16.2. The predicted molar refractivity (Wildman–Crippen MR) is 102 cm³/mol. The molecular weight excluding hydrogens is 342 g/mol. The average Bonchev–Trinajstić information content (AvgIpc) is 3.34. The Labute approximate surface area is 157 Å². The van der Waals surface area contributed by atoms with Crippen molar-refractivity contribution in [3.8, 4) is 0 Å². The minimum Gasteiger partial charge on any atom is -0.378 e. The lowest BCUT2D eigenvalue weighted by Crippen LogP contribution is -2.37. The van der Waals surface area contributed by atoms with Crippen molar-refractivity contribution in [1.29, 1.82) is 0 Å². The van der Waals surface area contributed by atoms with E-state index in [1.165, 1.54) is 5.57 Å². The fraction of sp³-hybridized carbons (Fsp3) is 0.368. The highest BCUT2D eigenvalue weighted by atomic mass is 16.5. The third-order valence-corrected chi connectivity index (χ3v) is 5.22. The maximum atomic E-state index is 5.44. The molecule has 0 radical (unpaired) electrons. The summed E-state index contributed by atoms with van der Waals surface area (Å²) in [6.45, 7) is 3.17. The second-order valence-electron chi connectivity index (χ2n) is 6.94. The fourth-order valence-corrected chi connectivity index (χ4v) is 3.76. The molecule has 2 aromatic heterocycles. The molecule has 0 spiro atoms. The third-order valence-electron chi connectivity index (χ3n) is 5.22. The summed E-state index contributed by atoms with van der Waals surface area (Å²) >= 11 is 0. The topological polar surface area (TPSA) is 80.5 Å². The summed E-state index contributed by atoms with van der Waals surface area (Å²) in [5, 5.41) is 8.87. The van der Waals surface area contributed by atoms with Gasteiger partial charge in [0.1, 0.15) is 12.1 Å². The molecule has 1 N–H and O–H groups in total. The third kappa shape index (κ3) is 3.02. The van der Waals surface area contributed by atoms with E-state index in [2.05, 4.69) is 42.6 Å². The van der Waals surface area contributed by atoms with Crippen molar-refractivity contribution in [2.75, 3.05) is 31.2 Å². The van der Waals surface area contributed by atoms with Crippen LogP contribution in [-0.2, 0) is 11.8 Å². The van der Waals surface area contributed by atoms with Crippen LogP contribution in [0.1, 0.15) is 17.7 Å². The molecule has 138 valence electrons. The summed E-state index contributed by atoms with van der Waals surface area (Å²) in [4.78, 5) is 11.2. The molecule has 4 heterocycles. The van der Waals surface area contributed by atoms with Gasteiger partial charge in [0.2, 0.25) is 0 Å². The zero-order valence-electron chi connectivity index (χ0n) is 15.2. The smallest absolute Gasteiger partial charge is 0.132 e. The van der Waals surface area contributed by atoms with Crippen molar-refractivity contribution in [3.05, 3.63) is 53.9 Å². The minimum absolute atomic E-state index is 0.178. The number of aromatic nitrogens is 4. The van der Waals surface area contributed by atoms with E-state index in [0.29, 0.717) is 0 Å². The first-order valence-corrected chi connectivity index (χ1v) is 9.16. The fourth-order valence-electron chi connectivity index (χ4n) is 3.76. The molecule has 0 saturated carbocycles. The number of morpholine rings is 1. The van der Waals surface area contributed by atoms with Crippen LogP contribution < -0.4 is 10.3 Å². The van der Waals surface area contributed by atoms with E-state index < -0.39 is 0 Å². The second-order valence-corrected chi connectivity index (χ2v) is 6.94. The van der Waals surface area contributed by atoms with Crippen molar-refractivity contribution in [1.82, 2.24) is 25.2 Å². The highest BCUT2D eigenvalue weighted by Crippen LogP contribution is 2.35. The predicted octanol–water partition coefficient (Wildman–Crippen LogP) is 1.34. The molecule has 1 atom stereocenters. The Hall–Kier alpha value is -3.00. The molecule has 1 aliphatic carbocycles. The zero-order chi connectivity index (χ0) is 18.2. The van der Waals surface area contributed by atoms with Crippen LogP contribution in [0.2, 0.25) is 0 Å². The van der Waals surface area contributed by atoms with Gasteiger partial charge in [-0.1, -0.05) is 6.08 Å². The van der Waals surface area contributed by atoms with E-state index in [0.717, 1.165) is 61.2 Å². The number of hydrogen-bond donors (Lipinski definition) is 1. The molecule has 27 heavy (non-hydrogen) atoms. The quantitative estimate of drug-likeness (QED) is 0.886. The molecule has 1 fully saturated rings. The van der Waals surface area contributed by atoms with Crippen LogP contribution in [-0.4, -0.2) is 51.8 Å². The highest BCUT2D eigenvalue weighted by Gasteiger charge is 2.32. The van der Waals surface area contributed by atoms with Gasteiger partial charge in [-0.3, -0.25) is 10.1 Å². The van der Waals surface area contributed by atoms with Gasteiger partial charge in [-0.2, -0.15) is 10.2 Å². The number of allylic oxidation sites excluding steroid dienone is 4. The maximum Gasteiger partial charge on any atom is 0.132 e. The average molecular weight is 363 g/mol. The van der Waals surface area contributed by atoms with Crippen molar-refractivity contribution in [2.45, 2.75) is 6.42 Å². The van der Waals surface area contributed by atoms with Crippen LogP contribution in [0.4, 0.5) is 5.82 Å². The molecule has 8 heteroatoms. The van der Waals surface area contributed by atoms with Gasteiger partial charge in [0, 0.05) is 43.7 Å². The van der Waals surface area contributed by atoms with E-state index in [4.69, 9.17) is 4.74 Å². The Morgan fingerprint density at radius 2 is 2.07 bits per heavy atom. The van der Waals surface area contributed by atoms with Gasteiger partial charge in [-0.15, -0.1) is 0 Å². The van der Waals surface area contributed by atoms with E-state index in [1.54, 1.807) is 6.33 Å². The van der Waals surface area contributed by atoms with Gasteiger partial charge in [-0.05, 0) is 18.1 Å². The Morgan fingerprint density at radius 3 is 2.89 bits per heavy atom. The lowest BCUT2D eigenvalue weighted by atomic mass is 9.85. The lowest BCUT2D eigenvalue weighted by molar-refractivity contribution is 0.122. The number of fused-ring (bicyclic) bond motifs is 1. The summed E-state index contributed by atoms with van der Waals surface area (Å²) in [6.07, 6.45) is 10.7. The second kappa shape index (κ2) is 6.62. The normalized spacial score (nSPS) is 21.9. The van der Waals surface area contributed by atoms with Crippen LogP contribution in [0.5, 0.6) is 0 Å². The van der Waals surface area contributed by atoms with Crippen molar-refractivity contribution in [2.24, 2.45) is 18.1 Å². The molecule has 8 nitrogen and oxygen atoms in total. The number of nitrogens with zero attached hydrogens (tertiary/aromatic N) is 6. The van der Waals surface area contributed by atoms with Gasteiger partial charge in [0.05, 0.1) is 36.7 Å². The van der Waals surface area contributed by atoms with Gasteiger partial charge in [0.15, 0.2) is 0 Å². The van der Waals surface area contributed by atoms with Crippen molar-refractivity contribution >= 4 is 17.1 Å². The Bertz CT molecular complexity index is 952. The molecule has 1 unspecified atom stereocenters. The first-order chi connectivity index (χ1) is 13.3. The molecule has 0 bridgehead atoms. The van der Waals surface area contributed by atoms with E-state index in [9.17, 15) is 0 Å². The van der Waals surface area contributed by atoms with Gasteiger partial charge >= 0.3 is 0 Å². The largest absolute Gasteiger partial charge is 0.378 e. The van der Waals surface area contributed by atoms with Crippen LogP contribution in [0, 0.1) is 5.92 Å². The zero-order valence-corrected chi connectivity index (χ0v) is 15.2. The number of ether oxygens (including phenoxy) is 1. The number of rotatable bonds is 3. The molecule has 3 aliphatic rings. The number of nitrogens with one attached hydrogen (secondary N) is 1. The first-order valence-electron chi connectivity index (χ1n) is 9.16. The number of aryl methyl sites for hydroxylation is 1. The van der Waals surface area contributed by atoms with Crippen molar-refractivity contribution in [3.63, 3.8) is 0 Å². The Kier molecular flexibility index (Phi) is 3.97. The molecule has 0 aromatic carbocycles. The Balaban J connectivity index is 1.40. The summed E-state index contributed by atoms with van der Waals surface area (Å²) in [7, 11) is 1.94. The molecule has 0 amide bonds. The van der Waals surface area contributed by atoms with Gasteiger partial charge in [0.25, 0.3) is 0 Å². The van der Waals surface area contributed by atoms with E-state index >= 15 is 0 Å². The summed E-state index contributed by atoms with van der Waals surface area (Å²) < 4.78 is 7.27. The van der Waals surface area contributed by atoms with Crippen LogP contribution >= 0.6 is 0 Å². The van der Waals surface area contributed by atoms with Crippen molar-refractivity contribution < 1.29 is 4.74 Å². The summed E-state index contributed by atoms with van der Waals surface area (Å²) in [5.41, 5.74) is 8.54. The summed E-state index contributed by atoms with van der Waals surface area (Å²) in [5.74, 6) is 1.11. The summed E-state index contributed by atoms with van der Waals surface area (Å²) in [6, 6.07) is 2.04. The van der Waals surface area contributed by atoms with Gasteiger partial charge < -0.3 is 9.64 Å². The minimum atomic E-state index is 0.178. The van der Waals surface area contributed by atoms with E-state index in [1.807, 2.05) is 30.2 Å². The number of hydrogen-bond acceptors (Lipinski definition) is 7. The van der Waals surface area contributed by atoms with Crippen LogP contribution in [0.3, 0.4) is 0 Å². The molecule has 2 aliphatic heterocycles. The Morgan fingerprint density at radius 1 is 1.19 bits per heavy atom. The monoisotopic (exact) mass is 363 g/mol. The molecule has 1 saturated heterocycles. The molecule has 2 aromatic rings. The highest BCUT2D eigenvalue weighted by molar-refractivity contribution is 6.05. The molecular formula is C19H21N7O.